The molecule has 0 aromatic heterocycles. The first-order valence-electron chi connectivity index (χ1n) is 10.3. The van der Waals surface area contributed by atoms with Crippen molar-refractivity contribution in [3.05, 3.63) is 47.0 Å². The predicted molar refractivity (Wildman–Crippen MR) is 120 cm³/mol. The average Bonchev–Trinajstić information content (AvgIpc) is 3.26. The van der Waals surface area contributed by atoms with E-state index in [0.29, 0.717) is 49.4 Å². The molecular weight excluding hydrogens is 399 g/mol. The molecule has 1 amide bonds. The zero-order valence-electron chi connectivity index (χ0n) is 17.8. The molecule has 1 fully saturated rings. The maximum Gasteiger partial charge on any atom is 0.219 e. The average molecular weight is 429 g/mol. The summed E-state index contributed by atoms with van der Waals surface area (Å²) >= 11 is 0. The molecule has 1 saturated heterocycles. The van der Waals surface area contributed by atoms with Gasteiger partial charge in [-0.15, -0.1) is 0 Å². The van der Waals surface area contributed by atoms with Crippen LogP contribution in [0.2, 0.25) is 0 Å². The number of rotatable bonds is 7. The van der Waals surface area contributed by atoms with Crippen molar-refractivity contribution >= 4 is 29.2 Å². The Balaban J connectivity index is 1.82. The number of amidine groups is 1. The summed E-state index contributed by atoms with van der Waals surface area (Å²) in [7, 11) is 1.71. The number of anilines is 1. The van der Waals surface area contributed by atoms with Gasteiger partial charge in [-0.3, -0.25) is 10.2 Å². The first kappa shape index (κ1) is 22.5. The maximum atomic E-state index is 14.7. The number of carbonyl (C=O) groups is 1. The molecule has 31 heavy (non-hydrogen) atoms. The van der Waals surface area contributed by atoms with E-state index in [-0.39, 0.29) is 23.5 Å². The molecule has 8 nitrogen and oxygen atoms in total. The van der Waals surface area contributed by atoms with Gasteiger partial charge in [-0.25, -0.2) is 4.39 Å². The van der Waals surface area contributed by atoms with Crippen LogP contribution in [0.4, 0.5) is 10.1 Å². The molecule has 9 heteroatoms. The van der Waals surface area contributed by atoms with Gasteiger partial charge in [0, 0.05) is 62.8 Å². The summed E-state index contributed by atoms with van der Waals surface area (Å²) in [5.41, 5.74) is 2.80. The van der Waals surface area contributed by atoms with Crippen molar-refractivity contribution in [2.75, 3.05) is 38.7 Å². The number of halogens is 1. The zero-order chi connectivity index (χ0) is 22.4. The Labute approximate surface area is 181 Å². The Kier molecular flexibility index (Phi) is 7.41. The zero-order valence-corrected chi connectivity index (χ0v) is 17.8. The van der Waals surface area contributed by atoms with E-state index in [9.17, 15) is 9.18 Å². The van der Waals surface area contributed by atoms with Crippen LogP contribution in [-0.2, 0) is 9.53 Å². The van der Waals surface area contributed by atoms with Gasteiger partial charge in [0.25, 0.3) is 0 Å². The second kappa shape index (κ2) is 10.2. The molecule has 2 aliphatic heterocycles. The predicted octanol–water partition coefficient (Wildman–Crippen LogP) is 2.31. The van der Waals surface area contributed by atoms with Gasteiger partial charge in [0.1, 0.15) is 11.7 Å². The molecule has 0 bridgehead atoms. The van der Waals surface area contributed by atoms with E-state index in [0.717, 1.165) is 18.3 Å². The SMILES string of the molecule is CN/C=C(\C=N)c1ccc(NC(=N)C2=C(N[C@H]3CCOC3)CCN(C(C)=O)C2)c(F)c1. The quantitative estimate of drug-likeness (QED) is 0.338. The molecule has 5 N–H and O–H groups in total. The smallest absolute Gasteiger partial charge is 0.219 e. The van der Waals surface area contributed by atoms with Crippen molar-refractivity contribution in [2.45, 2.75) is 25.8 Å². The molecule has 166 valence electrons. The largest absolute Gasteiger partial charge is 0.393 e. The number of hydrogen-bond acceptors (Lipinski definition) is 6. The molecule has 2 heterocycles. The molecule has 0 saturated carbocycles. The summed E-state index contributed by atoms with van der Waals surface area (Å²) < 4.78 is 20.2. The standard InChI is InChI=1S/C22H29FN6O2/c1-14(30)29-7-5-20(27-17-6-8-31-13-17)18(12-29)22(25)28-21-4-3-15(9-19(21)23)16(10-24)11-26-2/h3-4,9-11,17,24,26-27H,5-8,12-13H2,1-2H3,(H2,25,28)/b16-11+,24-10?/t17-/m0/s1. The molecule has 3 rings (SSSR count). The number of ether oxygens (including phenoxy) is 1. The highest BCUT2D eigenvalue weighted by Crippen LogP contribution is 2.23. The first-order chi connectivity index (χ1) is 14.9. The van der Waals surface area contributed by atoms with Crippen molar-refractivity contribution in [1.29, 1.82) is 10.8 Å². The normalized spacial score (nSPS) is 19.3. The molecule has 0 spiro atoms. The third-order valence-electron chi connectivity index (χ3n) is 5.42. The lowest BCUT2D eigenvalue weighted by Gasteiger charge is -2.32. The van der Waals surface area contributed by atoms with E-state index in [2.05, 4.69) is 16.0 Å². The van der Waals surface area contributed by atoms with Gasteiger partial charge >= 0.3 is 0 Å². The number of carbonyl (C=O) groups excluding carboxylic acids is 1. The second-order valence-corrected chi connectivity index (χ2v) is 7.58. The highest BCUT2D eigenvalue weighted by Gasteiger charge is 2.26. The van der Waals surface area contributed by atoms with E-state index >= 15 is 0 Å². The van der Waals surface area contributed by atoms with Crippen LogP contribution in [0.1, 0.15) is 25.3 Å². The van der Waals surface area contributed by atoms with Crippen LogP contribution in [0.5, 0.6) is 0 Å². The fourth-order valence-electron chi connectivity index (χ4n) is 3.69. The van der Waals surface area contributed by atoms with E-state index in [1.54, 1.807) is 30.3 Å². The summed E-state index contributed by atoms with van der Waals surface area (Å²) in [6.07, 6.45) is 4.26. The second-order valence-electron chi connectivity index (χ2n) is 7.58. The number of nitrogens with zero attached hydrogens (tertiary/aromatic N) is 1. The lowest BCUT2D eigenvalue weighted by molar-refractivity contribution is -0.128. The molecule has 1 atom stereocenters. The molecular formula is C22H29FN6O2. The third kappa shape index (κ3) is 5.49. The number of nitrogens with one attached hydrogen (secondary N) is 5. The minimum absolute atomic E-state index is 0.0528. The fraction of sp³-hybridized carbons (Fsp3) is 0.409. The number of benzene rings is 1. The summed E-state index contributed by atoms with van der Waals surface area (Å²) in [4.78, 5) is 13.6. The maximum absolute atomic E-state index is 14.7. The van der Waals surface area contributed by atoms with E-state index < -0.39 is 5.82 Å². The van der Waals surface area contributed by atoms with Crippen LogP contribution in [0.3, 0.4) is 0 Å². The Morgan fingerprint density at radius 3 is 2.81 bits per heavy atom. The highest BCUT2D eigenvalue weighted by molar-refractivity contribution is 6.09. The Morgan fingerprint density at radius 1 is 1.39 bits per heavy atom. The van der Waals surface area contributed by atoms with Crippen molar-refractivity contribution in [1.82, 2.24) is 15.5 Å². The van der Waals surface area contributed by atoms with Crippen LogP contribution in [0.25, 0.3) is 5.57 Å². The van der Waals surface area contributed by atoms with Gasteiger partial charge in [-0.2, -0.15) is 0 Å². The van der Waals surface area contributed by atoms with Crippen molar-refractivity contribution in [3.63, 3.8) is 0 Å². The number of amides is 1. The van der Waals surface area contributed by atoms with Crippen molar-refractivity contribution in [3.8, 4) is 0 Å². The van der Waals surface area contributed by atoms with Gasteiger partial charge in [-0.1, -0.05) is 6.07 Å². The molecule has 0 unspecified atom stereocenters. The van der Waals surface area contributed by atoms with E-state index in [1.807, 2.05) is 0 Å². The number of allylic oxidation sites excluding steroid dienone is 1. The summed E-state index contributed by atoms with van der Waals surface area (Å²) in [6, 6.07) is 4.75. The Bertz CT molecular complexity index is 921. The minimum Gasteiger partial charge on any atom is -0.393 e. The lowest BCUT2D eigenvalue weighted by Crippen LogP contribution is -2.42. The van der Waals surface area contributed by atoms with Crippen LogP contribution in [-0.4, -0.2) is 62.3 Å². The van der Waals surface area contributed by atoms with Gasteiger partial charge < -0.3 is 31.0 Å². The summed E-state index contributed by atoms with van der Waals surface area (Å²) in [5, 5.41) is 25.2. The fourth-order valence-corrected chi connectivity index (χ4v) is 3.69. The summed E-state index contributed by atoms with van der Waals surface area (Å²) in [6.45, 7) is 3.69. The van der Waals surface area contributed by atoms with Gasteiger partial charge in [0.2, 0.25) is 5.91 Å². The van der Waals surface area contributed by atoms with Crippen LogP contribution < -0.4 is 16.0 Å². The van der Waals surface area contributed by atoms with Crippen molar-refractivity contribution in [2.24, 2.45) is 0 Å². The van der Waals surface area contributed by atoms with Gasteiger partial charge in [-0.05, 0) is 24.1 Å². The van der Waals surface area contributed by atoms with Gasteiger partial charge in [0.05, 0.1) is 24.9 Å². The highest BCUT2D eigenvalue weighted by atomic mass is 19.1. The van der Waals surface area contributed by atoms with Gasteiger partial charge in [0.15, 0.2) is 0 Å². The van der Waals surface area contributed by atoms with E-state index in [1.165, 1.54) is 13.0 Å². The topological polar surface area (TPSA) is 113 Å². The Morgan fingerprint density at radius 2 is 2.19 bits per heavy atom. The molecule has 0 radical (unpaired) electrons. The third-order valence-corrected chi connectivity index (χ3v) is 5.42. The molecule has 1 aromatic rings. The van der Waals surface area contributed by atoms with Crippen LogP contribution in [0, 0.1) is 16.6 Å². The van der Waals surface area contributed by atoms with Crippen molar-refractivity contribution < 1.29 is 13.9 Å². The van der Waals surface area contributed by atoms with Crippen LogP contribution >= 0.6 is 0 Å². The monoisotopic (exact) mass is 428 g/mol. The molecule has 2 aliphatic rings. The van der Waals surface area contributed by atoms with E-state index in [4.69, 9.17) is 15.6 Å². The Hall–Kier alpha value is -3.20. The van der Waals surface area contributed by atoms with Crippen LogP contribution in [0.15, 0.2) is 35.7 Å². The number of hydrogen-bond donors (Lipinski definition) is 5. The molecule has 1 aromatic carbocycles. The molecule has 0 aliphatic carbocycles. The minimum atomic E-state index is -0.523. The first-order valence-corrected chi connectivity index (χ1v) is 10.3. The lowest BCUT2D eigenvalue weighted by atomic mass is 10.0. The summed E-state index contributed by atoms with van der Waals surface area (Å²) in [5.74, 6) is -0.527.